The first-order valence-corrected chi connectivity index (χ1v) is 9.91. The second-order valence-electron chi connectivity index (χ2n) is 7.91. The molecule has 3 heteroatoms. The lowest BCUT2D eigenvalue weighted by molar-refractivity contribution is -0.0688. The Labute approximate surface area is 164 Å². The third-order valence-electron chi connectivity index (χ3n) is 6.31. The van der Waals surface area contributed by atoms with E-state index in [-0.39, 0.29) is 17.9 Å². The molecule has 1 aliphatic carbocycles. The molecule has 0 radical (unpaired) electrons. The van der Waals surface area contributed by atoms with Crippen LogP contribution in [0.25, 0.3) is 0 Å². The topological polar surface area (TPSA) is 9.23 Å². The molecule has 0 spiro atoms. The number of hydrogen-bond donors (Lipinski definition) is 0. The summed E-state index contributed by atoms with van der Waals surface area (Å²) in [6, 6.07) is 22.8. The van der Waals surface area contributed by atoms with Crippen LogP contribution < -0.4 is 0 Å². The van der Waals surface area contributed by atoms with Gasteiger partial charge >= 0.3 is 0 Å². The van der Waals surface area contributed by atoms with Gasteiger partial charge in [-0.25, -0.2) is 8.78 Å². The van der Waals surface area contributed by atoms with Gasteiger partial charge in [0.1, 0.15) is 11.6 Å². The van der Waals surface area contributed by atoms with Crippen molar-refractivity contribution in [1.82, 2.24) is 0 Å². The Kier molecular flexibility index (Phi) is 4.48. The lowest BCUT2D eigenvalue weighted by Gasteiger charge is -2.47. The van der Waals surface area contributed by atoms with Crippen LogP contribution in [0.4, 0.5) is 8.78 Å². The zero-order chi connectivity index (χ0) is 19.1. The van der Waals surface area contributed by atoms with E-state index in [1.165, 1.54) is 28.8 Å². The predicted octanol–water partition coefficient (Wildman–Crippen LogP) is 6.05. The summed E-state index contributed by atoms with van der Waals surface area (Å²) in [5, 5.41) is 0. The SMILES string of the molecule is Fc1cc(F)cc([C@@H]2OCC[C@@H]3Cc4ccccc4[C@H](c4ccccc4)[C@H]32)c1. The van der Waals surface area contributed by atoms with E-state index >= 15 is 0 Å². The Morgan fingerprint density at radius 2 is 1.50 bits per heavy atom. The molecule has 1 saturated heterocycles. The van der Waals surface area contributed by atoms with E-state index in [4.69, 9.17) is 4.74 Å². The van der Waals surface area contributed by atoms with E-state index in [1.54, 1.807) is 0 Å². The Morgan fingerprint density at radius 3 is 2.29 bits per heavy atom. The zero-order valence-corrected chi connectivity index (χ0v) is 15.5. The van der Waals surface area contributed by atoms with Crippen molar-refractivity contribution in [2.75, 3.05) is 6.61 Å². The summed E-state index contributed by atoms with van der Waals surface area (Å²) in [6.45, 7) is 0.619. The molecule has 0 bridgehead atoms. The van der Waals surface area contributed by atoms with Gasteiger partial charge < -0.3 is 4.74 Å². The minimum Gasteiger partial charge on any atom is -0.373 e. The van der Waals surface area contributed by atoms with Gasteiger partial charge in [0.25, 0.3) is 0 Å². The fourth-order valence-electron chi connectivity index (χ4n) is 5.22. The fraction of sp³-hybridized carbons (Fsp3) is 0.280. The molecule has 0 amide bonds. The average Bonchev–Trinajstić information content (AvgIpc) is 2.71. The summed E-state index contributed by atoms with van der Waals surface area (Å²) in [4.78, 5) is 0. The molecule has 0 unspecified atom stereocenters. The van der Waals surface area contributed by atoms with Crippen LogP contribution in [0.1, 0.15) is 40.7 Å². The maximum absolute atomic E-state index is 14.0. The number of ether oxygens (including phenoxy) is 1. The number of fused-ring (bicyclic) bond motifs is 2. The first-order chi connectivity index (χ1) is 13.7. The molecule has 3 aromatic rings. The number of hydrogen-bond acceptors (Lipinski definition) is 1. The molecule has 1 fully saturated rings. The van der Waals surface area contributed by atoms with Gasteiger partial charge in [-0.2, -0.15) is 0 Å². The normalized spacial score (nSPS) is 26.4. The van der Waals surface area contributed by atoms with Crippen molar-refractivity contribution in [1.29, 1.82) is 0 Å². The molecule has 142 valence electrons. The van der Waals surface area contributed by atoms with Gasteiger partial charge in [-0.3, -0.25) is 0 Å². The summed E-state index contributed by atoms with van der Waals surface area (Å²) in [7, 11) is 0. The first kappa shape index (κ1) is 17.6. The van der Waals surface area contributed by atoms with E-state index in [9.17, 15) is 8.78 Å². The molecular weight excluding hydrogens is 354 g/mol. The number of benzene rings is 3. The summed E-state index contributed by atoms with van der Waals surface area (Å²) < 4.78 is 34.1. The Balaban J connectivity index is 1.67. The van der Waals surface area contributed by atoms with E-state index in [0.29, 0.717) is 18.1 Å². The Morgan fingerprint density at radius 1 is 0.786 bits per heavy atom. The lowest BCUT2D eigenvalue weighted by Crippen LogP contribution is -2.40. The molecule has 1 aliphatic heterocycles. The second-order valence-corrected chi connectivity index (χ2v) is 7.91. The van der Waals surface area contributed by atoms with Crippen molar-refractivity contribution < 1.29 is 13.5 Å². The molecule has 1 nitrogen and oxygen atoms in total. The van der Waals surface area contributed by atoms with Gasteiger partial charge in [0.2, 0.25) is 0 Å². The van der Waals surface area contributed by atoms with Crippen LogP contribution in [0.2, 0.25) is 0 Å². The minimum atomic E-state index is -0.548. The summed E-state index contributed by atoms with van der Waals surface area (Å²) in [5.41, 5.74) is 4.52. The van der Waals surface area contributed by atoms with Crippen LogP contribution in [0.3, 0.4) is 0 Å². The maximum Gasteiger partial charge on any atom is 0.126 e. The highest BCUT2D eigenvalue weighted by atomic mass is 19.1. The van der Waals surface area contributed by atoms with E-state index in [2.05, 4.69) is 48.5 Å². The Hall–Kier alpha value is -2.52. The molecule has 1 heterocycles. The summed E-state index contributed by atoms with van der Waals surface area (Å²) in [6.07, 6.45) is 1.64. The van der Waals surface area contributed by atoms with Crippen molar-refractivity contribution in [2.45, 2.75) is 24.9 Å². The predicted molar refractivity (Wildman–Crippen MR) is 105 cm³/mol. The van der Waals surface area contributed by atoms with Crippen LogP contribution >= 0.6 is 0 Å². The largest absolute Gasteiger partial charge is 0.373 e. The highest BCUT2D eigenvalue weighted by Gasteiger charge is 2.45. The van der Waals surface area contributed by atoms with Gasteiger partial charge in [-0.05, 0) is 53.1 Å². The molecule has 5 rings (SSSR count). The van der Waals surface area contributed by atoms with E-state index in [0.717, 1.165) is 18.9 Å². The summed E-state index contributed by atoms with van der Waals surface area (Å²) in [5.74, 6) is -0.383. The van der Waals surface area contributed by atoms with E-state index in [1.807, 2.05) is 6.07 Å². The molecule has 3 aromatic carbocycles. The van der Waals surface area contributed by atoms with Crippen LogP contribution in [0.5, 0.6) is 0 Å². The third-order valence-corrected chi connectivity index (χ3v) is 6.31. The van der Waals surface area contributed by atoms with Crippen molar-refractivity contribution in [2.24, 2.45) is 11.8 Å². The van der Waals surface area contributed by atoms with Gasteiger partial charge in [0.05, 0.1) is 6.10 Å². The monoisotopic (exact) mass is 376 g/mol. The van der Waals surface area contributed by atoms with Crippen molar-refractivity contribution >= 4 is 0 Å². The van der Waals surface area contributed by atoms with Crippen molar-refractivity contribution in [3.05, 3.63) is 107 Å². The van der Waals surface area contributed by atoms with Crippen LogP contribution in [0.15, 0.2) is 72.8 Å². The Bertz CT molecular complexity index is 965. The second kappa shape index (κ2) is 7.14. The highest BCUT2D eigenvalue weighted by molar-refractivity contribution is 5.43. The summed E-state index contributed by atoms with van der Waals surface area (Å²) >= 11 is 0. The lowest BCUT2D eigenvalue weighted by atomic mass is 9.62. The van der Waals surface area contributed by atoms with E-state index < -0.39 is 11.6 Å². The molecule has 0 saturated carbocycles. The third kappa shape index (κ3) is 3.04. The average molecular weight is 376 g/mol. The van der Waals surface area contributed by atoms with Gasteiger partial charge in [-0.15, -0.1) is 0 Å². The minimum absolute atomic E-state index is 0.146. The van der Waals surface area contributed by atoms with Crippen molar-refractivity contribution in [3.63, 3.8) is 0 Å². The first-order valence-electron chi connectivity index (χ1n) is 9.91. The molecular formula is C25H22F2O. The quantitative estimate of drug-likeness (QED) is 0.529. The number of rotatable bonds is 2. The van der Waals surface area contributed by atoms with Gasteiger partial charge in [0.15, 0.2) is 0 Å². The van der Waals surface area contributed by atoms with Crippen LogP contribution in [-0.4, -0.2) is 6.61 Å². The number of halogens is 2. The molecule has 2 aliphatic rings. The molecule has 0 aromatic heterocycles. The molecule has 28 heavy (non-hydrogen) atoms. The van der Waals surface area contributed by atoms with Gasteiger partial charge in [-0.1, -0.05) is 54.6 Å². The smallest absolute Gasteiger partial charge is 0.126 e. The highest BCUT2D eigenvalue weighted by Crippen LogP contribution is 2.53. The zero-order valence-electron chi connectivity index (χ0n) is 15.5. The maximum atomic E-state index is 14.0. The van der Waals surface area contributed by atoms with Gasteiger partial charge in [0, 0.05) is 24.5 Å². The fourth-order valence-corrected chi connectivity index (χ4v) is 5.22. The van der Waals surface area contributed by atoms with Crippen LogP contribution in [-0.2, 0) is 11.2 Å². The van der Waals surface area contributed by atoms with Crippen molar-refractivity contribution in [3.8, 4) is 0 Å². The molecule has 4 atom stereocenters. The van der Waals surface area contributed by atoms with Crippen LogP contribution in [0, 0.1) is 23.5 Å². The standard InChI is InChI=1S/C25H22F2O/c26-20-13-19(14-21(27)15-20)25-24-18(10-11-28-25)12-17-8-4-5-9-22(17)23(24)16-6-2-1-3-7-16/h1-9,13-15,18,23-25H,10-12H2/t18-,23+,24+,25+/m1/s1. The molecule has 0 N–H and O–H groups in total.